The van der Waals surface area contributed by atoms with Crippen LogP contribution in [0.5, 0.6) is 5.75 Å². The molecule has 0 amide bonds. The molecule has 13 nitrogen and oxygen atoms in total. The third-order valence-electron chi connectivity index (χ3n) is 10.0. The highest BCUT2D eigenvalue weighted by Crippen LogP contribution is 2.38. The second-order valence-electron chi connectivity index (χ2n) is 13.4. The molecule has 0 N–H and O–H groups in total. The number of nitrogens with zero attached hydrogens (tertiary/aromatic N) is 8. The zero-order chi connectivity index (χ0) is 35.5. The van der Waals surface area contributed by atoms with Gasteiger partial charge in [-0.25, -0.2) is 23.7 Å². The van der Waals surface area contributed by atoms with Crippen LogP contribution in [0.25, 0.3) is 5.69 Å². The Bertz CT molecular complexity index is 1950. The van der Waals surface area contributed by atoms with E-state index >= 15 is 0 Å². The smallest absolute Gasteiger partial charge is 0.350 e. The van der Waals surface area contributed by atoms with Crippen molar-refractivity contribution in [1.82, 2.24) is 29.1 Å². The van der Waals surface area contributed by atoms with Crippen molar-refractivity contribution in [2.24, 2.45) is 0 Å². The Labute approximate surface area is 297 Å². The van der Waals surface area contributed by atoms with E-state index in [2.05, 4.69) is 81.3 Å². The van der Waals surface area contributed by atoms with E-state index in [9.17, 15) is 4.79 Å². The lowest BCUT2D eigenvalue weighted by Crippen LogP contribution is -2.46. The van der Waals surface area contributed by atoms with Crippen LogP contribution < -0.4 is 20.2 Å². The molecule has 2 aromatic heterocycles. The lowest BCUT2D eigenvalue weighted by Gasteiger charge is -2.37. The summed E-state index contributed by atoms with van der Waals surface area (Å²) in [6.07, 6.45) is 4.39. The van der Waals surface area contributed by atoms with Crippen LogP contribution in [0.1, 0.15) is 36.6 Å². The van der Waals surface area contributed by atoms with Gasteiger partial charge in [0.25, 0.3) is 0 Å². The van der Waals surface area contributed by atoms with E-state index in [1.165, 1.54) is 16.6 Å². The molecular weight excluding hydrogens is 648 g/mol. The minimum Gasteiger partial charge on any atom is -0.491 e. The fourth-order valence-corrected chi connectivity index (χ4v) is 6.88. The maximum Gasteiger partial charge on any atom is 0.350 e. The minimum atomic E-state index is -0.973. The zero-order valence-electron chi connectivity index (χ0n) is 29.9. The van der Waals surface area contributed by atoms with Gasteiger partial charge in [-0.05, 0) is 81.8 Å². The number of piperazine rings is 1. The van der Waals surface area contributed by atoms with Crippen molar-refractivity contribution >= 4 is 11.4 Å². The van der Waals surface area contributed by atoms with E-state index in [-0.39, 0.29) is 23.9 Å². The first-order valence-corrected chi connectivity index (χ1v) is 17.5. The molecule has 7 rings (SSSR count). The molecule has 0 spiro atoms. The van der Waals surface area contributed by atoms with Crippen molar-refractivity contribution in [3.8, 4) is 11.4 Å². The van der Waals surface area contributed by atoms with E-state index in [0.29, 0.717) is 19.8 Å². The largest absolute Gasteiger partial charge is 0.491 e. The highest BCUT2D eigenvalue weighted by atomic mass is 16.8. The lowest BCUT2D eigenvalue weighted by atomic mass is 9.98. The van der Waals surface area contributed by atoms with Gasteiger partial charge in [-0.1, -0.05) is 23.8 Å². The van der Waals surface area contributed by atoms with Crippen LogP contribution in [0.2, 0.25) is 0 Å². The average molecular weight is 695 g/mol. The number of hydrogen-bond acceptors (Lipinski definition) is 10. The molecule has 4 heterocycles. The van der Waals surface area contributed by atoms with E-state index in [1.54, 1.807) is 29.0 Å². The Balaban J connectivity index is 0.921. The highest BCUT2D eigenvalue weighted by molar-refractivity contribution is 5.54. The second-order valence-corrected chi connectivity index (χ2v) is 13.4. The van der Waals surface area contributed by atoms with Gasteiger partial charge >= 0.3 is 5.69 Å². The summed E-state index contributed by atoms with van der Waals surface area (Å²) in [6.45, 7) is 12.7. The second kappa shape index (κ2) is 14.7. The highest BCUT2D eigenvalue weighted by Gasteiger charge is 2.45. The van der Waals surface area contributed by atoms with Gasteiger partial charge in [-0.3, -0.25) is 0 Å². The molecule has 2 saturated heterocycles. The van der Waals surface area contributed by atoms with Crippen LogP contribution in [0.4, 0.5) is 11.4 Å². The molecule has 5 aromatic rings. The Hall–Kier alpha value is -4.98. The number of aromatic nitrogens is 6. The number of benzene rings is 3. The van der Waals surface area contributed by atoms with Crippen LogP contribution >= 0.6 is 0 Å². The summed E-state index contributed by atoms with van der Waals surface area (Å²) in [6, 6.07) is 22.5. The van der Waals surface area contributed by atoms with E-state index in [4.69, 9.17) is 18.9 Å². The third-order valence-corrected chi connectivity index (χ3v) is 10.0. The zero-order valence-corrected chi connectivity index (χ0v) is 29.9. The van der Waals surface area contributed by atoms with Crippen molar-refractivity contribution < 1.29 is 18.9 Å². The quantitative estimate of drug-likeness (QED) is 0.185. The number of anilines is 2. The summed E-state index contributed by atoms with van der Waals surface area (Å²) in [4.78, 5) is 21.9. The first-order chi connectivity index (χ1) is 24.7. The van der Waals surface area contributed by atoms with Gasteiger partial charge in [0.2, 0.25) is 5.79 Å². The van der Waals surface area contributed by atoms with E-state index < -0.39 is 5.79 Å². The predicted octanol–water partition coefficient (Wildman–Crippen LogP) is 4.51. The maximum atomic E-state index is 13.0. The Morgan fingerprint density at radius 2 is 1.55 bits per heavy atom. The Morgan fingerprint density at radius 1 is 0.882 bits per heavy atom. The monoisotopic (exact) mass is 694 g/mol. The van der Waals surface area contributed by atoms with Gasteiger partial charge in [0.1, 0.15) is 44.0 Å². The number of hydrogen-bond donors (Lipinski definition) is 0. The Morgan fingerprint density at radius 3 is 2.18 bits per heavy atom. The summed E-state index contributed by atoms with van der Waals surface area (Å²) in [5, 5.41) is 8.63. The summed E-state index contributed by atoms with van der Waals surface area (Å²) < 4.78 is 29.4. The molecule has 13 heteroatoms. The van der Waals surface area contributed by atoms with E-state index in [0.717, 1.165) is 60.1 Å². The molecule has 1 unspecified atom stereocenters. The molecule has 268 valence electrons. The van der Waals surface area contributed by atoms with E-state index in [1.807, 2.05) is 38.1 Å². The van der Waals surface area contributed by atoms with Crippen LogP contribution in [-0.2, 0) is 26.5 Å². The van der Waals surface area contributed by atoms with Gasteiger partial charge in [-0.2, -0.15) is 10.2 Å². The standard InChI is InChI=1S/C38H46N8O5/c1-27-6-15-36(28(2)20-27)38(23-44-25-39-24-40-44)50-22-35(51-38)21-49-34-13-11-32(12-14-34)43-18-16-42(17-19-43)31-7-9-33(10-8-31)45-26-41-46(37(45)47)29(3)30(4)48-5/h6-15,20,24-26,29-30,35H,16-19,21-23H2,1-5H3/t29-,30?,35-,38-/m0/s1. The maximum absolute atomic E-state index is 13.0. The summed E-state index contributed by atoms with van der Waals surface area (Å²) in [5.41, 5.74) is 6.16. The SMILES string of the molecule is COC(C)[C@H](C)n1ncn(-c2ccc(N3CCN(c4ccc(OC[C@H]5CO[C@](Cn6cncn6)(c6ccc(C)cc6C)O5)cc4)CC3)cc2)c1=O. The van der Waals surface area contributed by atoms with Crippen LogP contribution in [0.15, 0.2) is 90.5 Å². The molecule has 51 heavy (non-hydrogen) atoms. The van der Waals surface area contributed by atoms with Crippen LogP contribution in [0.3, 0.4) is 0 Å². The van der Waals surface area contributed by atoms with Crippen molar-refractivity contribution in [3.05, 3.63) is 113 Å². The molecule has 0 saturated carbocycles. The van der Waals surface area contributed by atoms with Crippen molar-refractivity contribution in [3.63, 3.8) is 0 Å². The van der Waals surface area contributed by atoms with Gasteiger partial charge < -0.3 is 28.7 Å². The lowest BCUT2D eigenvalue weighted by molar-refractivity contribution is -0.191. The molecule has 4 atom stereocenters. The number of rotatable bonds is 12. The molecule has 0 bridgehead atoms. The van der Waals surface area contributed by atoms with Crippen LogP contribution in [-0.4, -0.2) is 87.8 Å². The van der Waals surface area contributed by atoms with Gasteiger partial charge in [0.15, 0.2) is 0 Å². The molecule has 0 radical (unpaired) electrons. The molecule has 0 aliphatic carbocycles. The first kappa shape index (κ1) is 34.5. The van der Waals surface area contributed by atoms with Crippen molar-refractivity contribution in [1.29, 1.82) is 0 Å². The summed E-state index contributed by atoms with van der Waals surface area (Å²) in [5.74, 6) is -0.187. The van der Waals surface area contributed by atoms with Crippen molar-refractivity contribution in [2.45, 2.75) is 58.3 Å². The molecule has 2 aliphatic rings. The van der Waals surface area contributed by atoms with Crippen molar-refractivity contribution in [2.75, 3.05) is 56.3 Å². The Kier molecular flexibility index (Phi) is 9.94. The average Bonchev–Trinajstić information content (AvgIpc) is 3.91. The fraction of sp³-hybridized carbons (Fsp3) is 0.421. The molecular formula is C38H46N8O5. The number of methoxy groups -OCH3 is 1. The number of ether oxygens (including phenoxy) is 4. The van der Waals surface area contributed by atoms with Gasteiger partial charge in [0.05, 0.1) is 24.4 Å². The minimum absolute atomic E-state index is 0.126. The fourth-order valence-electron chi connectivity index (χ4n) is 6.88. The normalized spacial score (nSPS) is 20.5. The van der Waals surface area contributed by atoms with Gasteiger partial charge in [-0.15, -0.1) is 0 Å². The summed E-state index contributed by atoms with van der Waals surface area (Å²) in [7, 11) is 1.64. The summed E-state index contributed by atoms with van der Waals surface area (Å²) >= 11 is 0. The third kappa shape index (κ3) is 7.27. The number of aryl methyl sites for hydroxylation is 2. The van der Waals surface area contributed by atoms with Crippen LogP contribution in [0, 0.1) is 13.8 Å². The molecule has 2 aliphatic heterocycles. The topological polar surface area (TPSA) is 114 Å². The molecule has 3 aromatic carbocycles. The molecule has 2 fully saturated rings. The predicted molar refractivity (Wildman–Crippen MR) is 194 cm³/mol. The first-order valence-electron chi connectivity index (χ1n) is 17.5. The van der Waals surface area contributed by atoms with Gasteiger partial charge in [0, 0.05) is 50.2 Å².